The predicted molar refractivity (Wildman–Crippen MR) is 134 cm³/mol. The maximum Gasteiger partial charge on any atom is 0.335 e. The lowest BCUT2D eigenvalue weighted by Crippen LogP contribution is -2.16. The highest BCUT2D eigenvalue weighted by atomic mass is 32.2. The summed E-state index contributed by atoms with van der Waals surface area (Å²) in [7, 11) is -1.10. The zero-order valence-electron chi connectivity index (χ0n) is 18.8. The van der Waals surface area contributed by atoms with Crippen LogP contribution in [0.2, 0.25) is 0 Å². The standard InChI is InChI=1S/C25H22N2O6S2/c1-35(32)19-4-2-3-15(11-19)7-10-20(28)22-26-23(29)21-18(14-34-24(21)27-22)13-33-12-16-5-8-17(9-6-16)25(30)31/h2-6,8-9,11,14H,7,10,12-13H2,1H3,(H,30,31)(H,26,27,29). The topological polar surface area (TPSA) is 126 Å². The van der Waals surface area contributed by atoms with Crippen LogP contribution in [0, 0.1) is 0 Å². The van der Waals surface area contributed by atoms with Crippen molar-refractivity contribution in [1.82, 2.24) is 9.97 Å². The zero-order valence-corrected chi connectivity index (χ0v) is 20.4. The van der Waals surface area contributed by atoms with E-state index in [-0.39, 0.29) is 36.8 Å². The van der Waals surface area contributed by atoms with Crippen LogP contribution in [0.3, 0.4) is 0 Å². The van der Waals surface area contributed by atoms with E-state index in [0.29, 0.717) is 27.1 Å². The molecule has 35 heavy (non-hydrogen) atoms. The molecule has 10 heteroatoms. The van der Waals surface area contributed by atoms with Crippen LogP contribution in [0.4, 0.5) is 0 Å². The number of Topliss-reactive ketones (excluding diaryl/α,β-unsaturated/α-hetero) is 1. The molecule has 0 radical (unpaired) electrons. The van der Waals surface area contributed by atoms with Gasteiger partial charge < -0.3 is 14.8 Å². The Balaban J connectivity index is 1.41. The summed E-state index contributed by atoms with van der Waals surface area (Å²) >= 11 is 1.27. The second kappa shape index (κ2) is 10.9. The summed E-state index contributed by atoms with van der Waals surface area (Å²) in [6.45, 7) is 0.430. The molecule has 0 bridgehead atoms. The van der Waals surface area contributed by atoms with Crippen molar-refractivity contribution in [3.05, 3.63) is 92.3 Å². The molecular weight excluding hydrogens is 488 g/mol. The minimum Gasteiger partial charge on any atom is -0.478 e. The van der Waals surface area contributed by atoms with Crippen molar-refractivity contribution in [3.8, 4) is 0 Å². The van der Waals surface area contributed by atoms with Gasteiger partial charge in [-0.05, 0) is 47.2 Å². The molecule has 1 atom stereocenters. The molecule has 0 aliphatic heterocycles. The zero-order chi connectivity index (χ0) is 24.9. The highest BCUT2D eigenvalue weighted by molar-refractivity contribution is 7.84. The number of carboxylic acids is 1. The van der Waals surface area contributed by atoms with Crippen LogP contribution in [0.15, 0.2) is 63.6 Å². The van der Waals surface area contributed by atoms with E-state index < -0.39 is 22.3 Å². The minimum absolute atomic E-state index is 0.0190. The molecule has 4 rings (SSSR count). The molecule has 8 nitrogen and oxygen atoms in total. The Labute approximate surface area is 207 Å². The Morgan fingerprint density at radius 1 is 1.11 bits per heavy atom. The summed E-state index contributed by atoms with van der Waals surface area (Å²) in [6, 6.07) is 13.7. The molecular formula is C25H22N2O6S2. The molecule has 0 fully saturated rings. The molecule has 1 unspecified atom stereocenters. The molecule has 0 aliphatic rings. The molecule has 4 aromatic rings. The fourth-order valence-electron chi connectivity index (χ4n) is 3.52. The van der Waals surface area contributed by atoms with Gasteiger partial charge >= 0.3 is 5.97 Å². The Morgan fingerprint density at radius 3 is 2.60 bits per heavy atom. The Morgan fingerprint density at radius 2 is 1.89 bits per heavy atom. The van der Waals surface area contributed by atoms with Crippen molar-refractivity contribution in [2.24, 2.45) is 0 Å². The normalized spacial score (nSPS) is 12.0. The number of fused-ring (bicyclic) bond motifs is 1. The number of carboxylic acid groups (broad SMARTS) is 1. The monoisotopic (exact) mass is 510 g/mol. The summed E-state index contributed by atoms with van der Waals surface area (Å²) in [5.74, 6) is -1.25. The number of aryl methyl sites for hydroxylation is 1. The van der Waals surface area contributed by atoms with Crippen LogP contribution < -0.4 is 5.56 Å². The smallest absolute Gasteiger partial charge is 0.335 e. The number of aromatic nitrogens is 2. The number of ether oxygens (including phenoxy) is 1. The summed E-state index contributed by atoms with van der Waals surface area (Å²) < 4.78 is 17.4. The van der Waals surface area contributed by atoms with E-state index in [9.17, 15) is 18.6 Å². The molecule has 0 spiro atoms. The van der Waals surface area contributed by atoms with Crippen LogP contribution >= 0.6 is 11.3 Å². The first-order valence-electron chi connectivity index (χ1n) is 10.7. The van der Waals surface area contributed by atoms with Crippen LogP contribution in [0.5, 0.6) is 0 Å². The van der Waals surface area contributed by atoms with Crippen LogP contribution in [-0.2, 0) is 35.2 Å². The lowest BCUT2D eigenvalue weighted by atomic mass is 10.1. The summed E-state index contributed by atoms with van der Waals surface area (Å²) in [5, 5.41) is 11.1. The summed E-state index contributed by atoms with van der Waals surface area (Å²) in [4.78, 5) is 44.5. The van der Waals surface area contributed by atoms with Crippen molar-refractivity contribution in [1.29, 1.82) is 0 Å². The van der Waals surface area contributed by atoms with Crippen molar-refractivity contribution >= 4 is 44.1 Å². The molecule has 2 N–H and O–H groups in total. The number of thiophene rings is 1. The number of aromatic carboxylic acids is 1. The molecule has 2 heterocycles. The fraction of sp³-hybridized carbons (Fsp3) is 0.200. The quantitative estimate of drug-likeness (QED) is 0.309. The maximum atomic E-state index is 12.7. The van der Waals surface area contributed by atoms with Gasteiger partial charge in [0.1, 0.15) is 4.83 Å². The first-order chi connectivity index (χ1) is 16.8. The molecule has 0 aliphatic carbocycles. The first-order valence-corrected chi connectivity index (χ1v) is 13.1. The van der Waals surface area contributed by atoms with Crippen molar-refractivity contribution < 1.29 is 23.6 Å². The Bertz CT molecular complexity index is 1470. The van der Waals surface area contributed by atoms with Gasteiger partial charge in [-0.3, -0.25) is 13.8 Å². The number of nitrogens with one attached hydrogen (secondary N) is 1. The van der Waals surface area contributed by atoms with Crippen molar-refractivity contribution in [2.45, 2.75) is 31.0 Å². The number of hydrogen-bond donors (Lipinski definition) is 2. The molecule has 2 aromatic carbocycles. The van der Waals surface area contributed by atoms with Gasteiger partial charge in [-0.25, -0.2) is 9.78 Å². The van der Waals surface area contributed by atoms with Crippen LogP contribution in [0.1, 0.15) is 44.1 Å². The number of H-pyrrole nitrogens is 1. The number of hydrogen-bond acceptors (Lipinski definition) is 7. The number of carbonyl (C=O) groups excluding carboxylic acids is 1. The van der Waals surface area contributed by atoms with E-state index in [2.05, 4.69) is 9.97 Å². The number of carbonyl (C=O) groups is 2. The van der Waals surface area contributed by atoms with E-state index in [4.69, 9.17) is 9.84 Å². The van der Waals surface area contributed by atoms with Crippen molar-refractivity contribution in [3.63, 3.8) is 0 Å². The first kappa shape index (κ1) is 24.6. The number of ketones is 1. The average Bonchev–Trinajstić information content (AvgIpc) is 3.26. The highest BCUT2D eigenvalue weighted by Crippen LogP contribution is 2.23. The van der Waals surface area contributed by atoms with E-state index in [1.54, 1.807) is 29.8 Å². The highest BCUT2D eigenvalue weighted by Gasteiger charge is 2.16. The van der Waals surface area contributed by atoms with Crippen LogP contribution in [-0.4, -0.2) is 37.3 Å². The van der Waals surface area contributed by atoms with Gasteiger partial charge in [-0.1, -0.05) is 24.3 Å². The molecule has 0 amide bonds. The van der Waals surface area contributed by atoms with E-state index >= 15 is 0 Å². The third-order valence-corrected chi connectivity index (χ3v) is 7.22. The Kier molecular flexibility index (Phi) is 7.64. The largest absolute Gasteiger partial charge is 0.478 e. The van der Waals surface area contributed by atoms with E-state index in [1.807, 2.05) is 18.2 Å². The fourth-order valence-corrected chi connectivity index (χ4v) is 5.04. The van der Waals surface area contributed by atoms with E-state index in [1.165, 1.54) is 23.5 Å². The third-order valence-electron chi connectivity index (χ3n) is 5.38. The predicted octanol–water partition coefficient (Wildman–Crippen LogP) is 3.95. The van der Waals surface area contributed by atoms with Gasteiger partial charge in [0.05, 0.1) is 24.2 Å². The minimum atomic E-state index is -1.10. The van der Waals surface area contributed by atoms with Crippen LogP contribution in [0.25, 0.3) is 10.2 Å². The summed E-state index contributed by atoms with van der Waals surface area (Å²) in [5.41, 5.74) is 2.18. The molecule has 2 aromatic heterocycles. The van der Waals surface area contributed by atoms with Gasteiger partial charge in [0, 0.05) is 33.9 Å². The number of aromatic amines is 1. The van der Waals surface area contributed by atoms with Gasteiger partial charge in [0.2, 0.25) is 0 Å². The third kappa shape index (κ3) is 5.97. The summed E-state index contributed by atoms with van der Waals surface area (Å²) in [6.07, 6.45) is 2.21. The molecule has 0 saturated carbocycles. The molecule has 180 valence electrons. The SMILES string of the molecule is CS(=O)c1cccc(CCC(=O)c2nc3scc(COCc4ccc(C(=O)O)cc4)c3c(=O)[nH]2)c1. The number of nitrogens with zero attached hydrogens (tertiary/aromatic N) is 1. The number of rotatable bonds is 10. The Hall–Kier alpha value is -3.47. The van der Waals surface area contributed by atoms with Crippen molar-refractivity contribution in [2.75, 3.05) is 6.26 Å². The van der Waals surface area contributed by atoms with Gasteiger partial charge in [-0.2, -0.15) is 0 Å². The lowest BCUT2D eigenvalue weighted by molar-refractivity contribution is 0.0696. The second-order valence-corrected chi connectivity index (χ2v) is 10.1. The van der Waals surface area contributed by atoms with Gasteiger partial charge in [-0.15, -0.1) is 11.3 Å². The lowest BCUT2D eigenvalue weighted by Gasteiger charge is -2.05. The number of benzene rings is 2. The molecule has 0 saturated heterocycles. The second-order valence-electron chi connectivity index (χ2n) is 7.88. The van der Waals surface area contributed by atoms with Gasteiger partial charge in [0.15, 0.2) is 11.6 Å². The maximum absolute atomic E-state index is 12.7. The van der Waals surface area contributed by atoms with Gasteiger partial charge in [0.25, 0.3) is 5.56 Å². The van der Waals surface area contributed by atoms with E-state index in [0.717, 1.165) is 11.1 Å². The average molecular weight is 511 g/mol.